The second-order valence-electron chi connectivity index (χ2n) is 13.1. The molecule has 47 heavy (non-hydrogen) atoms. The number of ether oxygens (including phenoxy) is 3. The van der Waals surface area contributed by atoms with Gasteiger partial charge < -0.3 is 14.2 Å². The predicted octanol–water partition coefficient (Wildman–Crippen LogP) is 10.2. The molecule has 2 aliphatic rings. The van der Waals surface area contributed by atoms with Gasteiger partial charge in [-0.1, -0.05) is 70.4 Å². The van der Waals surface area contributed by atoms with Crippen LogP contribution in [0.3, 0.4) is 0 Å². The first-order valence-electron chi connectivity index (χ1n) is 16.4. The third-order valence-corrected chi connectivity index (χ3v) is 15.5. The maximum Gasteiger partial charge on any atom is 0.127 e. The molecular formula is C42H44O3P2. The van der Waals surface area contributed by atoms with Gasteiger partial charge >= 0.3 is 0 Å². The maximum absolute atomic E-state index is 6.07. The van der Waals surface area contributed by atoms with Crippen molar-refractivity contribution in [3.63, 3.8) is 0 Å². The van der Waals surface area contributed by atoms with E-state index in [9.17, 15) is 0 Å². The Kier molecular flexibility index (Phi) is 8.67. The quantitative estimate of drug-likeness (QED) is 0.176. The summed E-state index contributed by atoms with van der Waals surface area (Å²) in [5.74, 6) is 2.84. The zero-order valence-corrected chi connectivity index (χ0v) is 30.7. The van der Waals surface area contributed by atoms with E-state index in [2.05, 4.69) is 107 Å². The van der Waals surface area contributed by atoms with E-state index in [4.69, 9.17) is 14.2 Å². The fourth-order valence-electron chi connectivity index (χ4n) is 7.77. The van der Waals surface area contributed by atoms with Gasteiger partial charge in [-0.25, -0.2) is 0 Å². The van der Waals surface area contributed by atoms with Gasteiger partial charge in [0.25, 0.3) is 0 Å². The molecule has 1 atom stereocenters. The number of methoxy groups -OCH3 is 3. The highest BCUT2D eigenvalue weighted by Gasteiger charge is 2.33. The molecule has 0 saturated carbocycles. The number of aryl methyl sites for hydroxylation is 5. The summed E-state index contributed by atoms with van der Waals surface area (Å²) in [6.07, 6.45) is 4.16. The summed E-state index contributed by atoms with van der Waals surface area (Å²) in [6, 6.07) is 27.2. The van der Waals surface area contributed by atoms with Crippen LogP contribution in [-0.4, -0.2) is 21.3 Å². The fraction of sp³-hybridized carbons (Fsp3) is 0.286. The Morgan fingerprint density at radius 2 is 0.681 bits per heavy atom. The van der Waals surface area contributed by atoms with Crippen molar-refractivity contribution in [2.45, 2.75) is 59.3 Å². The van der Waals surface area contributed by atoms with Crippen LogP contribution in [0.15, 0.2) is 72.8 Å². The first-order chi connectivity index (χ1) is 22.7. The molecule has 1 unspecified atom stereocenters. The molecule has 0 saturated heterocycles. The molecule has 2 aliphatic heterocycles. The van der Waals surface area contributed by atoms with Gasteiger partial charge in [0.2, 0.25) is 0 Å². The van der Waals surface area contributed by atoms with E-state index in [1.807, 2.05) is 7.11 Å². The van der Waals surface area contributed by atoms with Crippen molar-refractivity contribution in [1.82, 2.24) is 0 Å². The van der Waals surface area contributed by atoms with E-state index < -0.39 is 15.8 Å². The second-order valence-corrected chi connectivity index (χ2v) is 17.5. The van der Waals surface area contributed by atoms with Gasteiger partial charge in [0, 0.05) is 16.7 Å². The van der Waals surface area contributed by atoms with Gasteiger partial charge in [0.05, 0.1) is 21.3 Å². The van der Waals surface area contributed by atoms with E-state index in [1.54, 1.807) is 24.8 Å². The maximum atomic E-state index is 6.07. The van der Waals surface area contributed by atoms with Crippen molar-refractivity contribution in [2.24, 2.45) is 0 Å². The molecule has 0 spiro atoms. The van der Waals surface area contributed by atoms with E-state index in [0.29, 0.717) is 0 Å². The first kappa shape index (κ1) is 31.9. The Bertz CT molecular complexity index is 1970. The van der Waals surface area contributed by atoms with Crippen molar-refractivity contribution in [3.8, 4) is 39.5 Å². The molecule has 5 aromatic carbocycles. The van der Waals surface area contributed by atoms with Crippen molar-refractivity contribution in [3.05, 3.63) is 123 Å². The second kappa shape index (κ2) is 12.8. The molecule has 0 amide bonds. The molecule has 0 aliphatic carbocycles. The molecule has 5 aromatic rings. The van der Waals surface area contributed by atoms with E-state index in [0.717, 1.165) is 41.9 Å². The van der Waals surface area contributed by atoms with Gasteiger partial charge in [0.15, 0.2) is 0 Å². The van der Waals surface area contributed by atoms with E-state index >= 15 is 0 Å². The van der Waals surface area contributed by atoms with Gasteiger partial charge in [-0.15, -0.1) is 0 Å². The highest BCUT2D eigenvalue weighted by molar-refractivity contribution is 7.70. The molecule has 2 heterocycles. The summed E-state index contributed by atoms with van der Waals surface area (Å²) >= 11 is 0. The number of benzene rings is 5. The van der Waals surface area contributed by atoms with Crippen molar-refractivity contribution < 1.29 is 14.2 Å². The number of hydrogen-bond acceptors (Lipinski definition) is 3. The lowest BCUT2D eigenvalue weighted by Gasteiger charge is -2.27. The molecule has 5 heteroatoms. The fourth-order valence-corrected chi connectivity index (χ4v) is 14.1. The molecule has 0 radical (unpaired) electrons. The molecule has 0 N–H and O–H groups in total. The lowest BCUT2D eigenvalue weighted by Crippen LogP contribution is -2.24. The Morgan fingerprint density at radius 3 is 1.04 bits per heavy atom. The highest BCUT2D eigenvalue weighted by atomic mass is 31.1. The van der Waals surface area contributed by atoms with Crippen molar-refractivity contribution in [2.75, 3.05) is 21.3 Å². The van der Waals surface area contributed by atoms with Crippen molar-refractivity contribution in [1.29, 1.82) is 0 Å². The molecule has 0 fully saturated rings. The normalized spacial score (nSPS) is 15.4. The SMILES string of the molecule is COc1ccc(C)c2c1-c1c(C)ccc(C)c1CP(c1ccccc1P1Cc3c(C)ccc(OC)c3-c3c(OC)ccc(C)c3C1)C2. The summed E-state index contributed by atoms with van der Waals surface area (Å²) in [5.41, 5.74) is 17.5. The zero-order valence-electron chi connectivity index (χ0n) is 28.9. The highest BCUT2D eigenvalue weighted by Crippen LogP contribution is 2.58. The molecular weight excluding hydrogens is 614 g/mol. The Balaban J connectivity index is 1.44. The number of hydrogen-bond donors (Lipinski definition) is 0. The summed E-state index contributed by atoms with van der Waals surface area (Å²) < 4.78 is 18.2. The predicted molar refractivity (Wildman–Crippen MR) is 201 cm³/mol. The molecule has 0 aromatic heterocycles. The topological polar surface area (TPSA) is 27.7 Å². The molecule has 3 nitrogen and oxygen atoms in total. The summed E-state index contributed by atoms with van der Waals surface area (Å²) in [7, 11) is 4.29. The van der Waals surface area contributed by atoms with Crippen LogP contribution in [0.1, 0.15) is 50.1 Å². The van der Waals surface area contributed by atoms with Gasteiger partial charge in [-0.05, 0) is 144 Å². The lowest BCUT2D eigenvalue weighted by atomic mass is 9.88. The van der Waals surface area contributed by atoms with E-state index in [1.165, 1.54) is 72.3 Å². The average molecular weight is 659 g/mol. The summed E-state index contributed by atoms with van der Waals surface area (Å²) in [5, 5.41) is 3.11. The lowest BCUT2D eigenvalue weighted by molar-refractivity contribution is 0.409. The minimum Gasteiger partial charge on any atom is -0.496 e. The third-order valence-electron chi connectivity index (χ3n) is 10.4. The monoisotopic (exact) mass is 658 g/mol. The van der Waals surface area contributed by atoms with Crippen LogP contribution in [0.5, 0.6) is 17.2 Å². The number of rotatable bonds is 5. The van der Waals surface area contributed by atoms with Crippen LogP contribution in [0, 0.1) is 34.6 Å². The first-order valence-corrected chi connectivity index (χ1v) is 19.9. The Labute approximate surface area is 282 Å². The van der Waals surface area contributed by atoms with Crippen LogP contribution in [-0.2, 0) is 24.6 Å². The summed E-state index contributed by atoms with van der Waals surface area (Å²) in [6.45, 7) is 11.4. The van der Waals surface area contributed by atoms with Gasteiger partial charge in [0.1, 0.15) is 17.2 Å². The Hall–Kier alpha value is -3.64. The van der Waals surface area contributed by atoms with Gasteiger partial charge in [-0.3, -0.25) is 0 Å². The summed E-state index contributed by atoms with van der Waals surface area (Å²) in [4.78, 5) is 0. The molecule has 7 rings (SSSR count). The van der Waals surface area contributed by atoms with E-state index in [-0.39, 0.29) is 0 Å². The molecule has 0 bridgehead atoms. The minimum absolute atomic E-state index is 0.540. The van der Waals surface area contributed by atoms with Gasteiger partial charge in [-0.2, -0.15) is 0 Å². The Morgan fingerprint density at radius 1 is 0.383 bits per heavy atom. The average Bonchev–Trinajstić information content (AvgIpc) is 3.39. The standard InChI is InChI=1S/C42H44O3P2/c1-25-13-14-29(5)39-30(25)21-46(22-31-26(2)15-18-34(43-6)40(31)39)37-11-9-10-12-38(37)47-23-32-27(3)16-19-35(44-7)41(32)42-33(24-47)28(4)17-20-36(42)45-8/h9-20H,21-24H2,1-8H3. The van der Waals surface area contributed by atoms with Crippen LogP contribution in [0.2, 0.25) is 0 Å². The van der Waals surface area contributed by atoms with Crippen molar-refractivity contribution >= 4 is 26.5 Å². The third kappa shape index (κ3) is 5.37. The largest absolute Gasteiger partial charge is 0.496 e. The minimum atomic E-state index is -0.573. The number of fused-ring (bicyclic) bond motifs is 6. The smallest absolute Gasteiger partial charge is 0.127 e. The van der Waals surface area contributed by atoms with Crippen LogP contribution in [0.4, 0.5) is 0 Å². The molecule has 240 valence electrons. The van der Waals surface area contributed by atoms with Crippen LogP contribution >= 0.6 is 15.8 Å². The zero-order chi connectivity index (χ0) is 33.0. The van der Waals surface area contributed by atoms with Crippen LogP contribution in [0.25, 0.3) is 22.3 Å². The van der Waals surface area contributed by atoms with Crippen LogP contribution < -0.4 is 24.8 Å².